The van der Waals surface area contributed by atoms with Gasteiger partial charge in [0.1, 0.15) is 11.1 Å². The van der Waals surface area contributed by atoms with Crippen LogP contribution in [0.15, 0.2) is 18.2 Å². The maximum absolute atomic E-state index is 13.0. The highest BCUT2D eigenvalue weighted by molar-refractivity contribution is 6.31. The number of halogens is 1. The van der Waals surface area contributed by atoms with Crippen LogP contribution in [0.2, 0.25) is 5.02 Å². The predicted molar refractivity (Wildman–Crippen MR) is 140 cm³/mol. The third-order valence-electron chi connectivity index (χ3n) is 7.79. The molecule has 4 fully saturated rings. The van der Waals surface area contributed by atoms with Crippen molar-refractivity contribution >= 4 is 23.7 Å². The summed E-state index contributed by atoms with van der Waals surface area (Å²) in [5.74, 6) is 6.64. The van der Waals surface area contributed by atoms with Gasteiger partial charge in [0.25, 0.3) is 0 Å². The van der Waals surface area contributed by atoms with E-state index in [4.69, 9.17) is 16.3 Å². The summed E-state index contributed by atoms with van der Waals surface area (Å²) in [6, 6.07) is 6.32. The van der Waals surface area contributed by atoms with Crippen molar-refractivity contribution in [2.75, 3.05) is 39.3 Å². The Morgan fingerprint density at radius 1 is 1.06 bits per heavy atom. The number of piperazine rings is 1. The first-order valence-electron chi connectivity index (χ1n) is 13.1. The van der Waals surface area contributed by atoms with Gasteiger partial charge in [0.05, 0.1) is 0 Å². The van der Waals surface area contributed by atoms with Crippen molar-refractivity contribution in [2.24, 2.45) is 0 Å². The van der Waals surface area contributed by atoms with E-state index in [2.05, 4.69) is 35.0 Å². The predicted octanol–water partition coefficient (Wildman–Crippen LogP) is 4.22. The van der Waals surface area contributed by atoms with Crippen LogP contribution < -0.4 is 5.32 Å². The van der Waals surface area contributed by atoms with Gasteiger partial charge in [-0.25, -0.2) is 9.59 Å². The number of nitrogens with zero attached hydrogens (tertiary/aromatic N) is 3. The molecule has 0 bridgehead atoms. The Morgan fingerprint density at radius 2 is 1.72 bits per heavy atom. The fourth-order valence-corrected chi connectivity index (χ4v) is 5.20. The topological polar surface area (TPSA) is 65.1 Å². The summed E-state index contributed by atoms with van der Waals surface area (Å²) in [6.07, 6.45) is 3.85. The van der Waals surface area contributed by atoms with E-state index >= 15 is 0 Å². The number of urea groups is 1. The van der Waals surface area contributed by atoms with Crippen molar-refractivity contribution in [3.05, 3.63) is 34.3 Å². The normalized spacial score (nSPS) is 22.7. The van der Waals surface area contributed by atoms with Crippen molar-refractivity contribution in [1.82, 2.24) is 20.0 Å². The average molecular weight is 513 g/mol. The molecule has 0 radical (unpaired) electrons. The largest absolute Gasteiger partial charge is 0.444 e. The first-order valence-corrected chi connectivity index (χ1v) is 13.5. The molecule has 2 heterocycles. The molecule has 2 saturated heterocycles. The molecule has 2 saturated carbocycles. The molecular weight excluding hydrogens is 476 g/mol. The van der Waals surface area contributed by atoms with Gasteiger partial charge in [0.2, 0.25) is 0 Å². The van der Waals surface area contributed by atoms with Crippen molar-refractivity contribution in [3.8, 4) is 11.8 Å². The Morgan fingerprint density at radius 3 is 2.31 bits per heavy atom. The summed E-state index contributed by atoms with van der Waals surface area (Å²) in [7, 11) is 0. The molecule has 0 aromatic heterocycles. The van der Waals surface area contributed by atoms with Gasteiger partial charge in [0, 0.05) is 55.9 Å². The molecule has 2 aliphatic carbocycles. The lowest BCUT2D eigenvalue weighted by atomic mass is 9.96. The van der Waals surface area contributed by atoms with E-state index in [1.54, 1.807) is 4.90 Å². The van der Waals surface area contributed by atoms with E-state index in [0.717, 1.165) is 36.5 Å². The van der Waals surface area contributed by atoms with E-state index < -0.39 is 11.1 Å². The van der Waals surface area contributed by atoms with E-state index in [0.29, 0.717) is 32.2 Å². The van der Waals surface area contributed by atoms with E-state index in [1.807, 2.05) is 37.8 Å². The lowest BCUT2D eigenvalue weighted by Crippen LogP contribution is -2.65. The highest BCUT2D eigenvalue weighted by Crippen LogP contribution is 2.50. The number of carbonyl (C=O) groups is 2. The van der Waals surface area contributed by atoms with Gasteiger partial charge in [-0.2, -0.15) is 0 Å². The van der Waals surface area contributed by atoms with Crippen LogP contribution in [0.5, 0.6) is 0 Å². The van der Waals surface area contributed by atoms with Crippen LogP contribution in [-0.2, 0) is 10.2 Å². The molecule has 36 heavy (non-hydrogen) atoms. The number of carbonyl (C=O) groups excluding carboxylic acids is 2. The lowest BCUT2D eigenvalue weighted by molar-refractivity contribution is -0.0221. The van der Waals surface area contributed by atoms with Gasteiger partial charge in [-0.1, -0.05) is 30.4 Å². The SMILES string of the molecule is CC(C)(C)OC(=O)N1CC(N2CCN(C(=O)NC3(C#Cc4ccc(Cl)c(C5(C)CC5)c4)CC3)CC2)C1. The monoisotopic (exact) mass is 512 g/mol. The van der Waals surface area contributed by atoms with E-state index in [-0.39, 0.29) is 17.5 Å². The van der Waals surface area contributed by atoms with Crippen LogP contribution in [0, 0.1) is 11.8 Å². The second kappa shape index (κ2) is 9.15. The molecule has 194 valence electrons. The Kier molecular flexibility index (Phi) is 6.41. The van der Waals surface area contributed by atoms with Crippen LogP contribution in [0.1, 0.15) is 64.5 Å². The highest BCUT2D eigenvalue weighted by Gasteiger charge is 2.45. The number of nitrogens with one attached hydrogen (secondary N) is 1. The molecule has 1 aromatic carbocycles. The van der Waals surface area contributed by atoms with Crippen molar-refractivity contribution < 1.29 is 14.3 Å². The second-order valence-electron chi connectivity index (χ2n) is 12.1. The number of ether oxygens (including phenoxy) is 1. The molecule has 1 N–H and O–H groups in total. The maximum atomic E-state index is 13.0. The van der Waals surface area contributed by atoms with Crippen molar-refractivity contribution in [2.45, 2.75) is 76.0 Å². The number of hydrogen-bond acceptors (Lipinski definition) is 4. The molecule has 0 spiro atoms. The minimum absolute atomic E-state index is 0.0345. The van der Waals surface area contributed by atoms with Crippen LogP contribution >= 0.6 is 11.6 Å². The van der Waals surface area contributed by atoms with Gasteiger partial charge in [-0.3, -0.25) is 4.90 Å². The minimum Gasteiger partial charge on any atom is -0.444 e. The highest BCUT2D eigenvalue weighted by atomic mass is 35.5. The average Bonchev–Trinajstić information content (AvgIpc) is 3.70. The molecule has 7 nitrogen and oxygen atoms in total. The Hall–Kier alpha value is -2.43. The Labute approximate surface area is 219 Å². The summed E-state index contributed by atoms with van der Waals surface area (Å²) >= 11 is 6.43. The fourth-order valence-electron chi connectivity index (χ4n) is 4.86. The lowest BCUT2D eigenvalue weighted by Gasteiger charge is -2.47. The summed E-state index contributed by atoms with van der Waals surface area (Å²) in [4.78, 5) is 31.2. The molecule has 1 aromatic rings. The fraction of sp³-hybridized carbons (Fsp3) is 0.643. The van der Waals surface area contributed by atoms with Crippen LogP contribution in [0.25, 0.3) is 0 Å². The van der Waals surface area contributed by atoms with Gasteiger partial charge in [-0.05, 0) is 75.6 Å². The first-order chi connectivity index (χ1) is 17.0. The Bertz CT molecular complexity index is 1100. The number of likely N-dealkylation sites (tertiary alicyclic amines) is 1. The molecular formula is C28H37ClN4O3. The molecule has 4 aliphatic rings. The second-order valence-corrected chi connectivity index (χ2v) is 12.5. The van der Waals surface area contributed by atoms with Gasteiger partial charge in [-0.15, -0.1) is 0 Å². The van der Waals surface area contributed by atoms with Crippen molar-refractivity contribution in [1.29, 1.82) is 0 Å². The zero-order chi connectivity index (χ0) is 25.7. The summed E-state index contributed by atoms with van der Waals surface area (Å²) in [5.41, 5.74) is 1.44. The number of rotatable bonds is 3. The van der Waals surface area contributed by atoms with Crippen LogP contribution in [0.3, 0.4) is 0 Å². The van der Waals surface area contributed by atoms with E-state index in [9.17, 15) is 9.59 Å². The molecule has 5 rings (SSSR count). The van der Waals surface area contributed by atoms with Gasteiger partial charge in [0.15, 0.2) is 0 Å². The van der Waals surface area contributed by atoms with Crippen LogP contribution in [-0.4, -0.2) is 83.3 Å². The standard InChI is InChI=1S/C28H37ClN4O3/c1-26(2,3)36-25(35)33-18-21(19-33)31-13-15-32(16-14-31)24(34)30-28(11-12-28)8-7-20-5-6-23(29)22(17-20)27(4)9-10-27/h5-6,17,21H,9-16,18-19H2,1-4H3,(H,30,34). The molecule has 8 heteroatoms. The van der Waals surface area contributed by atoms with Crippen molar-refractivity contribution in [3.63, 3.8) is 0 Å². The number of amides is 3. The third-order valence-corrected chi connectivity index (χ3v) is 8.12. The van der Waals surface area contributed by atoms with E-state index in [1.165, 1.54) is 18.4 Å². The van der Waals surface area contributed by atoms with Gasteiger partial charge < -0.3 is 19.9 Å². The molecule has 0 atom stereocenters. The van der Waals surface area contributed by atoms with Crippen LogP contribution in [0.4, 0.5) is 9.59 Å². The summed E-state index contributed by atoms with van der Waals surface area (Å²) < 4.78 is 5.45. The Balaban J connectivity index is 1.09. The zero-order valence-corrected chi connectivity index (χ0v) is 22.6. The smallest absolute Gasteiger partial charge is 0.410 e. The zero-order valence-electron chi connectivity index (χ0n) is 21.8. The molecule has 3 amide bonds. The van der Waals surface area contributed by atoms with Gasteiger partial charge >= 0.3 is 12.1 Å². The number of benzene rings is 1. The third kappa shape index (κ3) is 5.60. The minimum atomic E-state index is -0.475. The maximum Gasteiger partial charge on any atom is 0.410 e. The quantitative estimate of drug-likeness (QED) is 0.616. The summed E-state index contributed by atoms with van der Waals surface area (Å²) in [6.45, 7) is 12.2. The first kappa shape index (κ1) is 25.2. The molecule has 2 aliphatic heterocycles. The number of hydrogen-bond donors (Lipinski definition) is 1. The molecule has 0 unspecified atom stereocenters. The summed E-state index contributed by atoms with van der Waals surface area (Å²) in [5, 5.41) is 4.00.